The summed E-state index contributed by atoms with van der Waals surface area (Å²) in [6.45, 7) is 6.73. The summed E-state index contributed by atoms with van der Waals surface area (Å²) in [5.74, 6) is 4.97. The molecule has 0 aliphatic carbocycles. The Morgan fingerprint density at radius 2 is 2.25 bits per heavy atom. The van der Waals surface area contributed by atoms with Crippen molar-refractivity contribution in [1.82, 2.24) is 4.90 Å². The quantitative estimate of drug-likeness (QED) is 0.836. The number of aliphatic hydroxyl groups is 1. The van der Waals surface area contributed by atoms with Crippen molar-refractivity contribution in [2.75, 3.05) is 26.3 Å². The van der Waals surface area contributed by atoms with Crippen molar-refractivity contribution >= 4 is 0 Å². The van der Waals surface area contributed by atoms with Gasteiger partial charge in [-0.25, -0.2) is 4.39 Å². The van der Waals surface area contributed by atoms with E-state index in [-0.39, 0.29) is 18.0 Å². The summed E-state index contributed by atoms with van der Waals surface area (Å²) in [7, 11) is 0. The van der Waals surface area contributed by atoms with E-state index in [0.29, 0.717) is 24.3 Å². The van der Waals surface area contributed by atoms with Crippen LogP contribution in [-0.4, -0.2) is 41.9 Å². The Kier molecular flexibility index (Phi) is 4.77. The first kappa shape index (κ1) is 15.0. The third-order valence-electron chi connectivity index (χ3n) is 3.26. The van der Waals surface area contributed by atoms with Crippen LogP contribution in [0.15, 0.2) is 18.2 Å². The van der Waals surface area contributed by atoms with E-state index in [2.05, 4.69) is 16.7 Å². The Labute approximate surface area is 119 Å². The lowest BCUT2D eigenvalue weighted by Crippen LogP contribution is -2.47. The highest BCUT2D eigenvalue weighted by Gasteiger charge is 2.27. The summed E-state index contributed by atoms with van der Waals surface area (Å²) in [6.07, 6.45) is 0. The maximum Gasteiger partial charge on any atom is 0.128 e. The molecule has 0 aromatic heterocycles. The van der Waals surface area contributed by atoms with Crippen molar-refractivity contribution in [3.05, 3.63) is 35.1 Å². The highest BCUT2D eigenvalue weighted by molar-refractivity contribution is 5.37. The fourth-order valence-electron chi connectivity index (χ4n) is 2.38. The van der Waals surface area contributed by atoms with Crippen LogP contribution in [-0.2, 0) is 11.3 Å². The molecule has 1 saturated heterocycles. The van der Waals surface area contributed by atoms with Crippen LogP contribution < -0.4 is 0 Å². The van der Waals surface area contributed by atoms with Crippen LogP contribution in [0.2, 0.25) is 0 Å². The molecule has 1 aromatic carbocycles. The summed E-state index contributed by atoms with van der Waals surface area (Å²) in [6, 6.07) is 4.97. The second-order valence-corrected chi connectivity index (χ2v) is 5.58. The monoisotopic (exact) mass is 277 g/mol. The maximum atomic E-state index is 14.0. The van der Waals surface area contributed by atoms with Gasteiger partial charge in [0.25, 0.3) is 0 Å². The molecular weight excluding hydrogens is 257 g/mol. The fourth-order valence-corrected chi connectivity index (χ4v) is 2.38. The summed E-state index contributed by atoms with van der Waals surface area (Å²) in [5, 5.41) is 8.63. The summed E-state index contributed by atoms with van der Waals surface area (Å²) < 4.78 is 19.7. The average molecular weight is 277 g/mol. The fraction of sp³-hybridized carbons (Fsp3) is 0.500. The van der Waals surface area contributed by atoms with Gasteiger partial charge < -0.3 is 9.84 Å². The van der Waals surface area contributed by atoms with Gasteiger partial charge in [0.15, 0.2) is 0 Å². The van der Waals surface area contributed by atoms with Gasteiger partial charge in [0.1, 0.15) is 12.4 Å². The molecule has 1 N–H and O–H groups in total. The molecule has 0 saturated carbocycles. The molecule has 3 nitrogen and oxygen atoms in total. The smallest absolute Gasteiger partial charge is 0.128 e. The highest BCUT2D eigenvalue weighted by Crippen LogP contribution is 2.20. The van der Waals surface area contributed by atoms with Crippen molar-refractivity contribution in [1.29, 1.82) is 0 Å². The summed E-state index contributed by atoms with van der Waals surface area (Å²) >= 11 is 0. The van der Waals surface area contributed by atoms with E-state index in [1.54, 1.807) is 12.1 Å². The number of rotatable bonds is 2. The molecular formula is C16H20FNO2. The van der Waals surface area contributed by atoms with Crippen molar-refractivity contribution in [2.24, 2.45) is 0 Å². The Morgan fingerprint density at radius 3 is 2.90 bits per heavy atom. The van der Waals surface area contributed by atoms with Gasteiger partial charge in [-0.15, -0.1) is 0 Å². The predicted molar refractivity (Wildman–Crippen MR) is 75.7 cm³/mol. The first-order chi connectivity index (χ1) is 9.50. The minimum atomic E-state index is -0.251. The van der Waals surface area contributed by atoms with Crippen molar-refractivity contribution in [3.63, 3.8) is 0 Å². The van der Waals surface area contributed by atoms with Crippen LogP contribution in [0.1, 0.15) is 25.0 Å². The number of hydrogen-bond donors (Lipinski definition) is 1. The molecule has 1 aromatic rings. The lowest BCUT2D eigenvalue weighted by molar-refractivity contribution is -0.0884. The molecule has 1 aliphatic heterocycles. The number of nitrogens with zero attached hydrogens (tertiary/aromatic N) is 1. The second-order valence-electron chi connectivity index (χ2n) is 5.58. The third-order valence-corrected chi connectivity index (χ3v) is 3.26. The van der Waals surface area contributed by atoms with Crippen molar-refractivity contribution < 1.29 is 14.2 Å². The number of benzene rings is 1. The number of halogens is 1. The Balaban J connectivity index is 2.06. The molecule has 108 valence electrons. The zero-order chi connectivity index (χ0) is 14.6. The molecule has 1 aliphatic rings. The van der Waals surface area contributed by atoms with Gasteiger partial charge in [-0.2, -0.15) is 0 Å². The third kappa shape index (κ3) is 4.04. The van der Waals surface area contributed by atoms with Gasteiger partial charge in [0.2, 0.25) is 0 Å². The molecule has 1 heterocycles. The van der Waals surface area contributed by atoms with E-state index in [1.165, 1.54) is 6.07 Å². The number of morpholine rings is 1. The van der Waals surface area contributed by atoms with E-state index in [0.717, 1.165) is 13.1 Å². The van der Waals surface area contributed by atoms with Gasteiger partial charge in [0.05, 0.1) is 12.2 Å². The largest absolute Gasteiger partial charge is 0.384 e. The minimum Gasteiger partial charge on any atom is -0.384 e. The normalized spacial score (nSPS) is 18.4. The van der Waals surface area contributed by atoms with Gasteiger partial charge in [-0.05, 0) is 26.0 Å². The molecule has 1 fully saturated rings. The first-order valence-corrected chi connectivity index (χ1v) is 6.75. The van der Waals surface area contributed by atoms with Crippen LogP contribution in [0.25, 0.3) is 0 Å². The van der Waals surface area contributed by atoms with E-state index in [4.69, 9.17) is 9.84 Å². The molecule has 0 bridgehead atoms. The lowest BCUT2D eigenvalue weighted by atomic mass is 10.1. The van der Waals surface area contributed by atoms with Gasteiger partial charge >= 0.3 is 0 Å². The maximum absolute atomic E-state index is 14.0. The summed E-state index contributed by atoms with van der Waals surface area (Å²) in [5.41, 5.74) is 1.07. The Bertz CT molecular complexity index is 531. The Hall–Kier alpha value is -1.41. The number of ether oxygens (including phenoxy) is 1. The van der Waals surface area contributed by atoms with Crippen molar-refractivity contribution in [2.45, 2.75) is 26.0 Å². The highest BCUT2D eigenvalue weighted by atomic mass is 19.1. The molecule has 0 radical (unpaired) electrons. The van der Waals surface area contributed by atoms with E-state index in [1.807, 2.05) is 13.8 Å². The van der Waals surface area contributed by atoms with Crippen LogP contribution in [0, 0.1) is 17.7 Å². The van der Waals surface area contributed by atoms with Gasteiger partial charge in [-0.3, -0.25) is 4.90 Å². The standard InChI is InChI=1S/C16H20FNO2/c1-16(2)12-18(7-9-20-16)11-14-6-5-13(4-3-8-19)10-15(14)17/h5-6,10,19H,7-9,11-12H2,1-2H3. The molecule has 2 rings (SSSR count). The number of hydrogen-bond acceptors (Lipinski definition) is 3. The zero-order valence-electron chi connectivity index (χ0n) is 11.9. The van der Waals surface area contributed by atoms with Crippen molar-refractivity contribution in [3.8, 4) is 11.8 Å². The molecule has 0 unspecified atom stereocenters. The molecule has 20 heavy (non-hydrogen) atoms. The molecule has 0 amide bonds. The van der Waals surface area contributed by atoms with Crippen LogP contribution >= 0.6 is 0 Å². The minimum absolute atomic E-state index is 0.179. The van der Waals surface area contributed by atoms with E-state index < -0.39 is 0 Å². The number of aliphatic hydroxyl groups excluding tert-OH is 1. The lowest BCUT2D eigenvalue weighted by Gasteiger charge is -2.38. The van der Waals surface area contributed by atoms with Crippen LogP contribution in [0.4, 0.5) is 4.39 Å². The topological polar surface area (TPSA) is 32.7 Å². The zero-order valence-corrected chi connectivity index (χ0v) is 11.9. The van der Waals surface area contributed by atoms with Gasteiger partial charge in [-0.1, -0.05) is 17.9 Å². The van der Waals surface area contributed by atoms with E-state index in [9.17, 15) is 4.39 Å². The second kappa shape index (κ2) is 6.36. The summed E-state index contributed by atoms with van der Waals surface area (Å²) in [4.78, 5) is 2.20. The predicted octanol–water partition coefficient (Wildman–Crippen LogP) is 1.78. The molecule has 4 heteroatoms. The molecule has 0 spiro atoms. The van der Waals surface area contributed by atoms with Gasteiger partial charge in [0, 0.05) is 30.8 Å². The van der Waals surface area contributed by atoms with Crippen LogP contribution in [0.5, 0.6) is 0 Å². The first-order valence-electron chi connectivity index (χ1n) is 6.75. The van der Waals surface area contributed by atoms with E-state index >= 15 is 0 Å². The Morgan fingerprint density at radius 1 is 1.45 bits per heavy atom. The van der Waals surface area contributed by atoms with Crippen LogP contribution in [0.3, 0.4) is 0 Å². The average Bonchev–Trinajstić information content (AvgIpc) is 2.38. The SMILES string of the molecule is CC1(C)CN(Cc2ccc(C#CCO)cc2F)CCO1. The molecule has 0 atom stereocenters.